The summed E-state index contributed by atoms with van der Waals surface area (Å²) in [6, 6.07) is 11.3. The van der Waals surface area contributed by atoms with Gasteiger partial charge >= 0.3 is 0 Å². The smallest absolute Gasteiger partial charge is 0.0590 e. The van der Waals surface area contributed by atoms with Gasteiger partial charge in [0.05, 0.1) is 6.10 Å². The fourth-order valence-corrected chi connectivity index (χ4v) is 2.85. The van der Waals surface area contributed by atoms with Crippen LogP contribution in [0.3, 0.4) is 0 Å². The fraction of sp³-hybridized carbons (Fsp3) is 0.625. The molecule has 0 aliphatic carbocycles. The second-order valence-corrected chi connectivity index (χ2v) is 5.28. The van der Waals surface area contributed by atoms with Crippen LogP contribution in [-0.2, 0) is 11.2 Å². The molecular formula is C16H25NO. The average molecular weight is 247 g/mol. The van der Waals surface area contributed by atoms with Crippen molar-refractivity contribution in [3.8, 4) is 0 Å². The Labute approximate surface area is 111 Å². The topological polar surface area (TPSA) is 21.3 Å². The SMILES string of the molecule is CCCNC(Cc1ccccc1)C1CCOC1C. The third-order valence-corrected chi connectivity index (χ3v) is 3.91. The molecule has 2 rings (SSSR count). The lowest BCUT2D eigenvalue weighted by Crippen LogP contribution is -2.41. The second kappa shape index (κ2) is 6.91. The third-order valence-electron chi connectivity index (χ3n) is 3.91. The van der Waals surface area contributed by atoms with Crippen LogP contribution < -0.4 is 5.32 Å². The lowest BCUT2D eigenvalue weighted by molar-refractivity contribution is 0.0954. The monoisotopic (exact) mass is 247 g/mol. The minimum atomic E-state index is 0.392. The molecule has 1 aliphatic heterocycles. The number of hydrogen-bond donors (Lipinski definition) is 1. The summed E-state index contributed by atoms with van der Waals surface area (Å²) in [6.45, 7) is 6.45. The maximum absolute atomic E-state index is 5.72. The largest absolute Gasteiger partial charge is 0.378 e. The predicted octanol–water partition coefficient (Wildman–Crippen LogP) is 3.02. The van der Waals surface area contributed by atoms with Crippen molar-refractivity contribution in [3.05, 3.63) is 35.9 Å². The zero-order chi connectivity index (χ0) is 12.8. The molecule has 1 aromatic carbocycles. The predicted molar refractivity (Wildman–Crippen MR) is 75.7 cm³/mol. The number of rotatable bonds is 6. The van der Waals surface area contributed by atoms with Gasteiger partial charge in [-0.15, -0.1) is 0 Å². The summed E-state index contributed by atoms with van der Waals surface area (Å²) in [7, 11) is 0. The molecule has 1 heterocycles. The minimum Gasteiger partial charge on any atom is -0.378 e. The van der Waals surface area contributed by atoms with Gasteiger partial charge in [-0.3, -0.25) is 0 Å². The summed E-state index contributed by atoms with van der Waals surface area (Å²) in [6.07, 6.45) is 3.88. The van der Waals surface area contributed by atoms with Gasteiger partial charge in [0.15, 0.2) is 0 Å². The Bertz CT molecular complexity index is 338. The van der Waals surface area contributed by atoms with Crippen molar-refractivity contribution in [1.29, 1.82) is 0 Å². The molecule has 3 atom stereocenters. The summed E-state index contributed by atoms with van der Waals surface area (Å²) in [5, 5.41) is 3.71. The van der Waals surface area contributed by atoms with Gasteiger partial charge in [0.2, 0.25) is 0 Å². The molecule has 0 aromatic heterocycles. The van der Waals surface area contributed by atoms with Crippen LogP contribution in [0.4, 0.5) is 0 Å². The quantitative estimate of drug-likeness (QED) is 0.834. The Morgan fingerprint density at radius 1 is 1.33 bits per heavy atom. The molecule has 1 fully saturated rings. The highest BCUT2D eigenvalue weighted by molar-refractivity contribution is 5.16. The van der Waals surface area contributed by atoms with E-state index in [9.17, 15) is 0 Å². The molecular weight excluding hydrogens is 222 g/mol. The first-order valence-electron chi connectivity index (χ1n) is 7.20. The van der Waals surface area contributed by atoms with Crippen molar-refractivity contribution in [2.24, 2.45) is 5.92 Å². The van der Waals surface area contributed by atoms with E-state index in [0.29, 0.717) is 18.1 Å². The van der Waals surface area contributed by atoms with Crippen LogP contribution in [0.25, 0.3) is 0 Å². The second-order valence-electron chi connectivity index (χ2n) is 5.28. The van der Waals surface area contributed by atoms with Gasteiger partial charge < -0.3 is 10.1 Å². The van der Waals surface area contributed by atoms with E-state index in [1.165, 1.54) is 18.4 Å². The Balaban J connectivity index is 2.00. The van der Waals surface area contributed by atoms with Crippen LogP contribution >= 0.6 is 0 Å². The molecule has 100 valence electrons. The third kappa shape index (κ3) is 3.56. The Morgan fingerprint density at radius 3 is 2.72 bits per heavy atom. The van der Waals surface area contributed by atoms with E-state index in [0.717, 1.165) is 19.6 Å². The first-order valence-corrected chi connectivity index (χ1v) is 7.20. The van der Waals surface area contributed by atoms with E-state index in [1.807, 2.05) is 0 Å². The minimum absolute atomic E-state index is 0.392. The Morgan fingerprint density at radius 2 is 2.11 bits per heavy atom. The molecule has 3 unspecified atom stereocenters. The van der Waals surface area contributed by atoms with Gasteiger partial charge in [-0.05, 0) is 38.3 Å². The van der Waals surface area contributed by atoms with Crippen LogP contribution in [0.2, 0.25) is 0 Å². The lowest BCUT2D eigenvalue weighted by atomic mass is 9.89. The zero-order valence-electron chi connectivity index (χ0n) is 11.6. The molecule has 0 saturated carbocycles. The molecule has 1 saturated heterocycles. The van der Waals surface area contributed by atoms with Crippen molar-refractivity contribution in [2.45, 2.75) is 45.3 Å². The maximum atomic E-state index is 5.72. The number of benzene rings is 1. The summed E-state index contributed by atoms with van der Waals surface area (Å²) in [4.78, 5) is 0. The van der Waals surface area contributed by atoms with Crippen LogP contribution in [0.5, 0.6) is 0 Å². The summed E-state index contributed by atoms with van der Waals surface area (Å²) >= 11 is 0. The fourth-order valence-electron chi connectivity index (χ4n) is 2.85. The normalized spacial score (nSPS) is 25.2. The van der Waals surface area contributed by atoms with Crippen molar-refractivity contribution in [3.63, 3.8) is 0 Å². The molecule has 18 heavy (non-hydrogen) atoms. The van der Waals surface area contributed by atoms with Gasteiger partial charge in [-0.1, -0.05) is 37.3 Å². The van der Waals surface area contributed by atoms with Crippen LogP contribution in [0.1, 0.15) is 32.3 Å². The highest BCUT2D eigenvalue weighted by Crippen LogP contribution is 2.26. The molecule has 0 bridgehead atoms. The van der Waals surface area contributed by atoms with Crippen LogP contribution in [0.15, 0.2) is 30.3 Å². The average Bonchev–Trinajstić information content (AvgIpc) is 2.82. The van der Waals surface area contributed by atoms with Gasteiger partial charge in [-0.25, -0.2) is 0 Å². The van der Waals surface area contributed by atoms with Crippen molar-refractivity contribution >= 4 is 0 Å². The van der Waals surface area contributed by atoms with Gasteiger partial charge in [-0.2, -0.15) is 0 Å². The first kappa shape index (κ1) is 13.6. The molecule has 0 amide bonds. The van der Waals surface area contributed by atoms with E-state index in [4.69, 9.17) is 4.74 Å². The lowest BCUT2D eigenvalue weighted by Gasteiger charge is -2.27. The van der Waals surface area contributed by atoms with Crippen LogP contribution in [-0.4, -0.2) is 25.3 Å². The number of ether oxygens (including phenoxy) is 1. The number of hydrogen-bond acceptors (Lipinski definition) is 2. The van der Waals surface area contributed by atoms with Crippen molar-refractivity contribution < 1.29 is 4.74 Å². The van der Waals surface area contributed by atoms with Gasteiger partial charge in [0.1, 0.15) is 0 Å². The van der Waals surface area contributed by atoms with E-state index in [-0.39, 0.29) is 0 Å². The van der Waals surface area contributed by atoms with E-state index >= 15 is 0 Å². The zero-order valence-corrected chi connectivity index (χ0v) is 11.6. The van der Waals surface area contributed by atoms with Gasteiger partial charge in [0.25, 0.3) is 0 Å². The molecule has 0 radical (unpaired) electrons. The van der Waals surface area contributed by atoms with Crippen molar-refractivity contribution in [2.75, 3.05) is 13.2 Å². The molecule has 1 aliphatic rings. The molecule has 0 spiro atoms. The van der Waals surface area contributed by atoms with E-state index in [1.54, 1.807) is 0 Å². The molecule has 1 aromatic rings. The summed E-state index contributed by atoms with van der Waals surface area (Å²) in [5.74, 6) is 0.650. The maximum Gasteiger partial charge on any atom is 0.0590 e. The standard InChI is InChI=1S/C16H25NO/c1-3-10-17-16(15-9-11-18-13(15)2)12-14-7-5-4-6-8-14/h4-8,13,15-17H,3,9-12H2,1-2H3. The Hall–Kier alpha value is -0.860. The number of nitrogens with one attached hydrogen (secondary N) is 1. The molecule has 2 heteroatoms. The molecule has 1 N–H and O–H groups in total. The highest BCUT2D eigenvalue weighted by Gasteiger charge is 2.31. The summed E-state index contributed by atoms with van der Waals surface area (Å²) < 4.78 is 5.72. The van der Waals surface area contributed by atoms with E-state index < -0.39 is 0 Å². The molecule has 2 nitrogen and oxygen atoms in total. The first-order chi connectivity index (χ1) is 8.81. The highest BCUT2D eigenvalue weighted by atomic mass is 16.5. The van der Waals surface area contributed by atoms with Gasteiger partial charge in [0, 0.05) is 18.6 Å². The van der Waals surface area contributed by atoms with Crippen molar-refractivity contribution in [1.82, 2.24) is 5.32 Å². The van der Waals surface area contributed by atoms with Crippen LogP contribution in [0, 0.1) is 5.92 Å². The summed E-state index contributed by atoms with van der Waals surface area (Å²) in [5.41, 5.74) is 1.42. The Kier molecular flexibility index (Phi) is 5.21. The van der Waals surface area contributed by atoms with E-state index in [2.05, 4.69) is 49.5 Å².